The lowest BCUT2D eigenvalue weighted by molar-refractivity contribution is 0.0264. The van der Waals surface area contributed by atoms with Crippen LogP contribution in [0.1, 0.15) is 45.2 Å². The van der Waals surface area contributed by atoms with Crippen LogP contribution in [-0.2, 0) is 11.2 Å². The van der Waals surface area contributed by atoms with Crippen LogP contribution in [-0.4, -0.2) is 67.8 Å². The van der Waals surface area contributed by atoms with Gasteiger partial charge in [-0.1, -0.05) is 0 Å². The highest BCUT2D eigenvalue weighted by molar-refractivity contribution is 7.13. The lowest BCUT2D eigenvalue weighted by Gasteiger charge is -2.34. The number of hydrogen-bond donors (Lipinski definition) is 1. The molecule has 2 aliphatic heterocycles. The third-order valence-corrected chi connectivity index (χ3v) is 5.97. The van der Waals surface area contributed by atoms with Gasteiger partial charge in [-0.25, -0.2) is 4.98 Å². The van der Waals surface area contributed by atoms with Crippen LogP contribution in [0, 0.1) is 0 Å². The van der Waals surface area contributed by atoms with Crippen molar-refractivity contribution in [3.63, 3.8) is 0 Å². The minimum atomic E-state index is 0.415. The maximum absolute atomic E-state index is 5.76. The Morgan fingerprint density at radius 1 is 1.27 bits per heavy atom. The zero-order valence-electron chi connectivity index (χ0n) is 16.2. The second-order valence-electron chi connectivity index (χ2n) is 6.94. The summed E-state index contributed by atoms with van der Waals surface area (Å²) in [6.45, 7) is 11.1. The number of anilines is 1. The number of thiazole rings is 1. The molecule has 6 nitrogen and oxygen atoms in total. The Morgan fingerprint density at radius 3 is 2.73 bits per heavy atom. The summed E-state index contributed by atoms with van der Waals surface area (Å²) >= 11 is 1.78. The van der Waals surface area contributed by atoms with E-state index in [2.05, 4.69) is 34.3 Å². The molecule has 146 valence electrons. The number of guanidine groups is 1. The van der Waals surface area contributed by atoms with Crippen LogP contribution < -0.4 is 10.2 Å². The van der Waals surface area contributed by atoms with Crippen molar-refractivity contribution < 1.29 is 4.74 Å². The molecule has 2 aliphatic rings. The predicted octanol–water partition coefficient (Wildman–Crippen LogP) is 2.75. The molecule has 0 aromatic carbocycles. The highest BCUT2D eigenvalue weighted by atomic mass is 32.1. The Bertz CT molecular complexity index is 562. The molecule has 2 fully saturated rings. The van der Waals surface area contributed by atoms with Gasteiger partial charge in [0.2, 0.25) is 0 Å². The quantitative estimate of drug-likeness (QED) is 0.583. The lowest BCUT2D eigenvalue weighted by atomic mass is 10.1. The lowest BCUT2D eigenvalue weighted by Crippen LogP contribution is -2.47. The molecule has 3 rings (SSSR count). The number of nitrogens with one attached hydrogen (secondary N) is 1. The number of ether oxygens (including phenoxy) is 1. The van der Waals surface area contributed by atoms with Crippen molar-refractivity contribution in [1.29, 1.82) is 0 Å². The summed E-state index contributed by atoms with van der Waals surface area (Å²) in [4.78, 5) is 14.4. The van der Waals surface area contributed by atoms with Crippen LogP contribution in [0.15, 0.2) is 10.4 Å². The van der Waals surface area contributed by atoms with Crippen molar-refractivity contribution in [3.05, 3.63) is 11.1 Å². The Kier molecular flexibility index (Phi) is 7.55. The Labute approximate surface area is 161 Å². The molecule has 0 atom stereocenters. The molecule has 0 unspecified atom stereocenters. The van der Waals surface area contributed by atoms with E-state index in [1.54, 1.807) is 11.3 Å². The highest BCUT2D eigenvalue weighted by Crippen LogP contribution is 2.24. The van der Waals surface area contributed by atoms with Crippen LogP contribution in [0.3, 0.4) is 0 Å². The van der Waals surface area contributed by atoms with Crippen molar-refractivity contribution >= 4 is 22.4 Å². The zero-order valence-corrected chi connectivity index (χ0v) is 17.1. The minimum Gasteiger partial charge on any atom is -0.378 e. The number of likely N-dealkylation sites (tertiary alicyclic amines) is 1. The first kappa shape index (κ1) is 19.4. The van der Waals surface area contributed by atoms with E-state index in [-0.39, 0.29) is 0 Å². The maximum atomic E-state index is 5.76. The molecule has 0 spiro atoms. The van der Waals surface area contributed by atoms with E-state index in [1.165, 1.54) is 23.7 Å². The van der Waals surface area contributed by atoms with Crippen LogP contribution in [0.25, 0.3) is 0 Å². The SMILES string of the molecule is CCNC(=NCCc1csc(N2CCCC2)n1)N1CCC(OCC)CC1. The highest BCUT2D eigenvalue weighted by Gasteiger charge is 2.21. The summed E-state index contributed by atoms with van der Waals surface area (Å²) in [7, 11) is 0. The third-order valence-electron chi connectivity index (χ3n) is 5.02. The van der Waals surface area contributed by atoms with Crippen LogP contribution in [0.4, 0.5) is 5.13 Å². The Hall–Kier alpha value is -1.34. The number of hydrogen-bond acceptors (Lipinski definition) is 5. The zero-order chi connectivity index (χ0) is 18.2. The Morgan fingerprint density at radius 2 is 2.04 bits per heavy atom. The van der Waals surface area contributed by atoms with Crippen LogP contribution in [0.2, 0.25) is 0 Å². The predicted molar refractivity (Wildman–Crippen MR) is 109 cm³/mol. The fourth-order valence-corrected chi connectivity index (χ4v) is 4.55. The van der Waals surface area contributed by atoms with Gasteiger partial charge in [-0.3, -0.25) is 4.99 Å². The molecular formula is C19H33N5OS. The molecule has 7 heteroatoms. The first-order valence-corrected chi connectivity index (χ1v) is 11.0. The number of piperidine rings is 1. The van der Waals surface area contributed by atoms with Crippen molar-refractivity contribution in [2.75, 3.05) is 50.8 Å². The fourth-order valence-electron chi connectivity index (χ4n) is 3.64. The molecule has 2 saturated heterocycles. The van der Waals surface area contributed by atoms with Crippen molar-refractivity contribution in [3.8, 4) is 0 Å². The summed E-state index contributed by atoms with van der Waals surface area (Å²) in [6, 6.07) is 0. The smallest absolute Gasteiger partial charge is 0.193 e. The summed E-state index contributed by atoms with van der Waals surface area (Å²) < 4.78 is 5.76. The first-order chi connectivity index (χ1) is 12.8. The molecule has 1 aromatic heterocycles. The van der Waals surface area contributed by atoms with Crippen molar-refractivity contribution in [2.45, 2.75) is 52.1 Å². The van der Waals surface area contributed by atoms with E-state index in [0.29, 0.717) is 6.10 Å². The number of nitrogens with zero attached hydrogens (tertiary/aromatic N) is 4. The molecule has 0 aliphatic carbocycles. The van der Waals surface area contributed by atoms with Crippen LogP contribution >= 0.6 is 11.3 Å². The summed E-state index contributed by atoms with van der Waals surface area (Å²) in [5.74, 6) is 1.04. The molecule has 0 bridgehead atoms. The van der Waals surface area contributed by atoms with E-state index in [9.17, 15) is 0 Å². The Balaban J connectivity index is 1.49. The van der Waals surface area contributed by atoms with Crippen molar-refractivity contribution in [1.82, 2.24) is 15.2 Å². The van der Waals surface area contributed by atoms with Gasteiger partial charge in [0, 0.05) is 57.7 Å². The number of rotatable bonds is 7. The molecular weight excluding hydrogens is 346 g/mol. The number of aliphatic imine (C=N–C) groups is 1. The largest absolute Gasteiger partial charge is 0.378 e. The van der Waals surface area contributed by atoms with Gasteiger partial charge in [-0.2, -0.15) is 0 Å². The second kappa shape index (κ2) is 10.1. The summed E-state index contributed by atoms with van der Waals surface area (Å²) in [6.07, 6.45) is 6.09. The van der Waals surface area contributed by atoms with Gasteiger partial charge in [0.25, 0.3) is 0 Å². The maximum Gasteiger partial charge on any atom is 0.193 e. The van der Waals surface area contributed by atoms with E-state index in [4.69, 9.17) is 14.7 Å². The number of aromatic nitrogens is 1. The average molecular weight is 380 g/mol. The van der Waals surface area contributed by atoms with Crippen molar-refractivity contribution in [2.24, 2.45) is 4.99 Å². The van der Waals surface area contributed by atoms with Gasteiger partial charge in [-0.15, -0.1) is 11.3 Å². The second-order valence-corrected chi connectivity index (χ2v) is 7.78. The third kappa shape index (κ3) is 5.33. The minimum absolute atomic E-state index is 0.415. The summed E-state index contributed by atoms with van der Waals surface area (Å²) in [5, 5.41) is 6.83. The molecule has 1 aromatic rings. The average Bonchev–Trinajstić information content (AvgIpc) is 3.34. The molecule has 26 heavy (non-hydrogen) atoms. The summed E-state index contributed by atoms with van der Waals surface area (Å²) in [5.41, 5.74) is 1.17. The van der Waals surface area contributed by atoms with E-state index >= 15 is 0 Å². The van der Waals surface area contributed by atoms with Gasteiger partial charge < -0.3 is 19.9 Å². The van der Waals surface area contributed by atoms with Gasteiger partial charge in [0.05, 0.1) is 11.8 Å². The van der Waals surface area contributed by atoms with Gasteiger partial charge in [0.1, 0.15) is 0 Å². The van der Waals surface area contributed by atoms with E-state index < -0.39 is 0 Å². The molecule has 3 heterocycles. The molecule has 0 radical (unpaired) electrons. The monoisotopic (exact) mass is 379 g/mol. The molecule has 1 N–H and O–H groups in total. The molecule has 0 amide bonds. The first-order valence-electron chi connectivity index (χ1n) is 10.1. The van der Waals surface area contributed by atoms with Crippen LogP contribution in [0.5, 0.6) is 0 Å². The topological polar surface area (TPSA) is 53.0 Å². The van der Waals surface area contributed by atoms with Gasteiger partial charge in [-0.05, 0) is 39.5 Å². The van der Waals surface area contributed by atoms with E-state index in [1.807, 2.05) is 0 Å². The van der Waals surface area contributed by atoms with E-state index in [0.717, 1.165) is 71.1 Å². The normalized spacial score (nSPS) is 19.4. The van der Waals surface area contributed by atoms with Gasteiger partial charge in [0.15, 0.2) is 11.1 Å². The standard InChI is InChI=1S/C19H33N5OS/c1-3-20-18(23-13-8-17(9-14-23)25-4-2)21-10-7-16-15-26-19(22-16)24-11-5-6-12-24/h15,17H,3-14H2,1-2H3,(H,20,21). The molecule has 0 saturated carbocycles. The fraction of sp³-hybridized carbons (Fsp3) is 0.789. The van der Waals surface area contributed by atoms with Gasteiger partial charge >= 0.3 is 0 Å².